The first-order valence-corrected chi connectivity index (χ1v) is 7.07. The van der Waals surface area contributed by atoms with E-state index in [0.29, 0.717) is 6.04 Å². The maximum absolute atomic E-state index is 5.84. The molecular weight excluding hydrogens is 236 g/mol. The van der Waals surface area contributed by atoms with Crippen molar-refractivity contribution in [3.8, 4) is 5.75 Å². The van der Waals surface area contributed by atoms with Crippen molar-refractivity contribution < 1.29 is 4.74 Å². The summed E-state index contributed by atoms with van der Waals surface area (Å²) in [7, 11) is 3.94. The molecule has 1 fully saturated rings. The van der Waals surface area contributed by atoms with Crippen molar-refractivity contribution in [2.24, 2.45) is 11.7 Å². The van der Waals surface area contributed by atoms with Crippen molar-refractivity contribution in [3.63, 3.8) is 0 Å². The summed E-state index contributed by atoms with van der Waals surface area (Å²) in [6.45, 7) is 6.32. The maximum atomic E-state index is 5.84. The van der Waals surface area contributed by atoms with Crippen LogP contribution in [0.25, 0.3) is 0 Å². The molecule has 0 aliphatic heterocycles. The highest BCUT2D eigenvalue weighted by molar-refractivity contribution is 5.43. The van der Waals surface area contributed by atoms with Crippen LogP contribution in [0.1, 0.15) is 29.5 Å². The van der Waals surface area contributed by atoms with Crippen molar-refractivity contribution in [2.45, 2.75) is 39.3 Å². The number of ether oxygens (including phenoxy) is 1. The van der Waals surface area contributed by atoms with E-state index in [2.05, 4.69) is 37.9 Å². The van der Waals surface area contributed by atoms with Crippen LogP contribution in [-0.4, -0.2) is 31.6 Å². The minimum atomic E-state index is 0.439. The van der Waals surface area contributed by atoms with E-state index in [9.17, 15) is 0 Å². The molecule has 0 aromatic heterocycles. The topological polar surface area (TPSA) is 38.5 Å². The number of methoxy groups -OCH3 is 1. The number of nitrogens with zero attached hydrogens (tertiary/aromatic N) is 1. The lowest BCUT2D eigenvalue weighted by Gasteiger charge is -2.35. The first kappa shape index (κ1) is 14.4. The number of aryl methyl sites for hydroxylation is 2. The van der Waals surface area contributed by atoms with E-state index < -0.39 is 0 Å². The van der Waals surface area contributed by atoms with E-state index in [0.717, 1.165) is 24.8 Å². The molecule has 0 unspecified atom stereocenters. The van der Waals surface area contributed by atoms with Crippen molar-refractivity contribution in [3.05, 3.63) is 28.8 Å². The van der Waals surface area contributed by atoms with Crippen LogP contribution in [0.4, 0.5) is 0 Å². The predicted octanol–water partition coefficient (Wildman–Crippen LogP) is 2.48. The molecule has 0 spiro atoms. The molecule has 0 bridgehead atoms. The van der Waals surface area contributed by atoms with Crippen molar-refractivity contribution in [2.75, 3.05) is 20.7 Å². The summed E-state index contributed by atoms with van der Waals surface area (Å²) in [6.07, 6.45) is 2.35. The normalized spacial score (nSPS) is 22.4. The van der Waals surface area contributed by atoms with E-state index in [-0.39, 0.29) is 0 Å². The zero-order valence-electron chi connectivity index (χ0n) is 12.6. The lowest BCUT2D eigenvalue weighted by molar-refractivity contribution is 0.177. The van der Waals surface area contributed by atoms with E-state index in [1.54, 1.807) is 7.11 Å². The smallest absolute Gasteiger partial charge is 0.126 e. The third-order valence-electron chi connectivity index (χ3n) is 3.98. The van der Waals surface area contributed by atoms with Crippen LogP contribution in [0.5, 0.6) is 5.75 Å². The minimum absolute atomic E-state index is 0.439. The van der Waals surface area contributed by atoms with Crippen molar-refractivity contribution in [1.82, 2.24) is 4.90 Å². The van der Waals surface area contributed by atoms with Crippen LogP contribution < -0.4 is 10.5 Å². The van der Waals surface area contributed by atoms with Crippen LogP contribution in [0.3, 0.4) is 0 Å². The van der Waals surface area contributed by atoms with Crippen LogP contribution >= 0.6 is 0 Å². The quantitative estimate of drug-likeness (QED) is 0.886. The van der Waals surface area contributed by atoms with Gasteiger partial charge in [0.2, 0.25) is 0 Å². The fraction of sp³-hybridized carbons (Fsp3) is 0.625. The molecule has 0 atom stereocenters. The summed E-state index contributed by atoms with van der Waals surface area (Å²) in [5, 5.41) is 0. The molecule has 3 nitrogen and oxygen atoms in total. The Hall–Kier alpha value is -1.06. The van der Waals surface area contributed by atoms with Gasteiger partial charge in [0.15, 0.2) is 0 Å². The molecule has 1 aromatic carbocycles. The van der Waals surface area contributed by atoms with Gasteiger partial charge in [0, 0.05) is 24.7 Å². The molecule has 1 aromatic rings. The number of hydrogen-bond acceptors (Lipinski definition) is 3. The van der Waals surface area contributed by atoms with Crippen LogP contribution in [0.2, 0.25) is 0 Å². The number of nitrogens with two attached hydrogens (primary N) is 1. The second-order valence-corrected chi connectivity index (χ2v) is 6.07. The number of hydrogen-bond donors (Lipinski definition) is 1. The van der Waals surface area contributed by atoms with Gasteiger partial charge in [-0.1, -0.05) is 17.7 Å². The Morgan fingerprint density at radius 2 is 2.00 bits per heavy atom. The molecular formula is C16H26N2O. The van der Waals surface area contributed by atoms with E-state index in [4.69, 9.17) is 10.5 Å². The summed E-state index contributed by atoms with van der Waals surface area (Å²) in [4.78, 5) is 2.38. The second-order valence-electron chi connectivity index (χ2n) is 6.07. The van der Waals surface area contributed by atoms with Gasteiger partial charge in [0.25, 0.3) is 0 Å². The van der Waals surface area contributed by atoms with Crippen molar-refractivity contribution in [1.29, 1.82) is 0 Å². The van der Waals surface area contributed by atoms with Crippen LogP contribution in [0, 0.1) is 19.8 Å². The first-order valence-electron chi connectivity index (χ1n) is 7.07. The van der Waals surface area contributed by atoms with Crippen LogP contribution in [-0.2, 0) is 6.54 Å². The Kier molecular flexibility index (Phi) is 4.48. The summed E-state index contributed by atoms with van der Waals surface area (Å²) >= 11 is 0. The summed E-state index contributed by atoms with van der Waals surface area (Å²) < 4.78 is 5.55. The van der Waals surface area contributed by atoms with Gasteiger partial charge in [0.1, 0.15) is 5.75 Å². The van der Waals surface area contributed by atoms with Gasteiger partial charge >= 0.3 is 0 Å². The Morgan fingerprint density at radius 1 is 1.32 bits per heavy atom. The molecule has 106 valence electrons. The zero-order valence-corrected chi connectivity index (χ0v) is 12.6. The molecule has 0 heterocycles. The van der Waals surface area contributed by atoms with Gasteiger partial charge in [-0.05, 0) is 45.2 Å². The molecule has 0 radical (unpaired) electrons. The van der Waals surface area contributed by atoms with Gasteiger partial charge < -0.3 is 15.4 Å². The molecule has 2 rings (SSSR count). The maximum Gasteiger partial charge on any atom is 0.126 e. The average molecular weight is 262 g/mol. The predicted molar refractivity (Wildman–Crippen MR) is 79.5 cm³/mol. The highest BCUT2D eigenvalue weighted by atomic mass is 16.5. The summed E-state index contributed by atoms with van der Waals surface area (Å²) in [5.41, 5.74) is 9.64. The Labute approximate surface area is 116 Å². The Morgan fingerprint density at radius 3 is 2.58 bits per heavy atom. The molecule has 0 amide bonds. The third-order valence-corrected chi connectivity index (χ3v) is 3.98. The SMILES string of the molecule is COc1c(C)cc(C)cc1CN(C)CC1CC(N)C1. The molecule has 0 saturated heterocycles. The van der Waals surface area contributed by atoms with Gasteiger partial charge in [-0.25, -0.2) is 0 Å². The number of benzene rings is 1. The zero-order chi connectivity index (χ0) is 14.0. The van der Waals surface area contributed by atoms with E-state index >= 15 is 0 Å². The van der Waals surface area contributed by atoms with Gasteiger partial charge in [-0.3, -0.25) is 0 Å². The summed E-state index contributed by atoms with van der Waals surface area (Å²) in [6, 6.07) is 4.84. The molecule has 1 saturated carbocycles. The highest BCUT2D eigenvalue weighted by Crippen LogP contribution is 2.29. The Bertz CT molecular complexity index is 439. The van der Waals surface area contributed by atoms with E-state index in [1.165, 1.54) is 29.5 Å². The van der Waals surface area contributed by atoms with Gasteiger partial charge in [-0.2, -0.15) is 0 Å². The molecule has 1 aliphatic carbocycles. The lowest BCUT2D eigenvalue weighted by atomic mass is 9.80. The average Bonchev–Trinajstić information content (AvgIpc) is 2.26. The molecule has 1 aliphatic rings. The fourth-order valence-electron chi connectivity index (χ4n) is 3.18. The lowest BCUT2D eigenvalue weighted by Crippen LogP contribution is -2.41. The molecule has 19 heavy (non-hydrogen) atoms. The largest absolute Gasteiger partial charge is 0.496 e. The minimum Gasteiger partial charge on any atom is -0.496 e. The Balaban J connectivity index is 2.01. The third kappa shape index (κ3) is 3.48. The molecule has 2 N–H and O–H groups in total. The number of rotatable bonds is 5. The fourth-order valence-corrected chi connectivity index (χ4v) is 3.18. The second kappa shape index (κ2) is 5.93. The monoisotopic (exact) mass is 262 g/mol. The van der Waals surface area contributed by atoms with Gasteiger partial charge in [-0.15, -0.1) is 0 Å². The van der Waals surface area contributed by atoms with Crippen LogP contribution in [0.15, 0.2) is 12.1 Å². The van der Waals surface area contributed by atoms with Gasteiger partial charge in [0.05, 0.1) is 7.11 Å². The first-order chi connectivity index (χ1) is 8.99. The summed E-state index contributed by atoms with van der Waals surface area (Å²) in [5.74, 6) is 1.81. The highest BCUT2D eigenvalue weighted by Gasteiger charge is 2.26. The van der Waals surface area contributed by atoms with E-state index in [1.807, 2.05) is 0 Å². The van der Waals surface area contributed by atoms with Crippen molar-refractivity contribution >= 4 is 0 Å². The molecule has 3 heteroatoms. The standard InChI is InChI=1S/C16H26N2O/c1-11-5-12(2)16(19-4)14(6-11)10-18(3)9-13-7-15(17)8-13/h5-6,13,15H,7-10,17H2,1-4H3.